The number of halogens is 2. The Morgan fingerprint density at radius 1 is 1.08 bits per heavy atom. The van der Waals surface area contributed by atoms with Crippen molar-refractivity contribution in [1.82, 2.24) is 4.90 Å². The van der Waals surface area contributed by atoms with Gasteiger partial charge in [0, 0.05) is 5.02 Å². The van der Waals surface area contributed by atoms with Crippen LogP contribution < -0.4 is 8.92 Å². The Balaban J connectivity index is 1.60. The second-order valence-corrected chi connectivity index (χ2v) is 11.9. The summed E-state index contributed by atoms with van der Waals surface area (Å²) < 4.78 is 36.8. The number of benzene rings is 3. The van der Waals surface area contributed by atoms with Crippen LogP contribution in [-0.2, 0) is 21.5 Å². The molecule has 1 saturated heterocycles. The first-order chi connectivity index (χ1) is 17.1. The average molecular weight is 656 g/mol. The predicted octanol–water partition coefficient (Wildman–Crippen LogP) is 6.27. The summed E-state index contributed by atoms with van der Waals surface area (Å²) in [7, 11) is -2.71. The van der Waals surface area contributed by atoms with E-state index in [0.29, 0.717) is 14.2 Å². The molecule has 0 bridgehead atoms. The third kappa shape index (κ3) is 5.88. The van der Waals surface area contributed by atoms with E-state index in [1.807, 2.05) is 29.5 Å². The Hall–Kier alpha value is -2.54. The van der Waals surface area contributed by atoms with Crippen LogP contribution in [-0.4, -0.2) is 31.6 Å². The van der Waals surface area contributed by atoms with E-state index in [9.17, 15) is 18.0 Å². The molecule has 0 unspecified atom stereocenters. The topological polar surface area (TPSA) is 90.0 Å². The van der Waals surface area contributed by atoms with Crippen LogP contribution in [0.2, 0.25) is 5.02 Å². The van der Waals surface area contributed by atoms with Crippen molar-refractivity contribution in [3.63, 3.8) is 0 Å². The van der Waals surface area contributed by atoms with Crippen LogP contribution in [0.4, 0.5) is 4.79 Å². The zero-order chi connectivity index (χ0) is 26.0. The summed E-state index contributed by atoms with van der Waals surface area (Å²) in [5.41, 5.74) is 2.20. The number of hydrogen-bond donors (Lipinski definition) is 0. The molecule has 1 heterocycles. The summed E-state index contributed by atoms with van der Waals surface area (Å²) in [5, 5.41) is 0.125. The third-order valence-corrected chi connectivity index (χ3v) is 8.33. The Bertz CT molecular complexity index is 1490. The van der Waals surface area contributed by atoms with Gasteiger partial charge in [0.25, 0.3) is 11.1 Å². The quantitative estimate of drug-likeness (QED) is 0.169. The van der Waals surface area contributed by atoms with Crippen molar-refractivity contribution in [1.29, 1.82) is 0 Å². The predicted molar refractivity (Wildman–Crippen MR) is 148 cm³/mol. The molecule has 1 aliphatic rings. The van der Waals surface area contributed by atoms with Crippen molar-refractivity contribution >= 4 is 73.3 Å². The van der Waals surface area contributed by atoms with Crippen LogP contribution >= 0.6 is 46.0 Å². The van der Waals surface area contributed by atoms with E-state index >= 15 is 0 Å². The molecule has 4 rings (SSSR count). The number of imide groups is 1. The fraction of sp³-hybridized carbons (Fsp3) is 0.120. The molecule has 7 nitrogen and oxygen atoms in total. The van der Waals surface area contributed by atoms with Crippen molar-refractivity contribution < 1.29 is 26.9 Å². The van der Waals surface area contributed by atoms with Gasteiger partial charge in [0.05, 0.1) is 22.1 Å². The van der Waals surface area contributed by atoms with Gasteiger partial charge in [-0.2, -0.15) is 8.42 Å². The summed E-state index contributed by atoms with van der Waals surface area (Å²) in [5.74, 6) is -0.229. The normalized spacial score (nSPS) is 15.0. The number of carbonyl (C=O) groups excluding carboxylic acids is 2. The minimum Gasteiger partial charge on any atom is -0.493 e. The van der Waals surface area contributed by atoms with Gasteiger partial charge in [-0.05, 0) is 94.9 Å². The Kier molecular flexibility index (Phi) is 7.98. The molecule has 0 atom stereocenters. The van der Waals surface area contributed by atoms with Crippen molar-refractivity contribution in [2.45, 2.75) is 18.4 Å². The number of ether oxygens (including phenoxy) is 1. The number of rotatable bonds is 7. The SMILES string of the molecule is COc1cc(/C=C2\SC(=O)N(Cc3cccc(Cl)c3)C2=O)cc(I)c1OS(=O)(=O)c1ccc(C)cc1. The first kappa shape index (κ1) is 26.5. The Labute approximate surface area is 231 Å². The molecule has 3 aromatic rings. The van der Waals surface area contributed by atoms with Crippen LogP contribution in [0.25, 0.3) is 6.08 Å². The summed E-state index contributed by atoms with van der Waals surface area (Å²) in [6.07, 6.45) is 1.56. The molecule has 36 heavy (non-hydrogen) atoms. The molecule has 0 aromatic heterocycles. The summed E-state index contributed by atoms with van der Waals surface area (Å²) in [4.78, 5) is 26.8. The van der Waals surface area contributed by atoms with Gasteiger partial charge < -0.3 is 8.92 Å². The van der Waals surface area contributed by atoms with Crippen molar-refractivity contribution in [3.05, 3.63) is 90.9 Å². The van der Waals surface area contributed by atoms with Gasteiger partial charge >= 0.3 is 10.1 Å². The fourth-order valence-electron chi connectivity index (χ4n) is 3.37. The number of thioether (sulfide) groups is 1. The Morgan fingerprint density at radius 2 is 1.81 bits per heavy atom. The number of hydrogen-bond acceptors (Lipinski definition) is 7. The highest BCUT2D eigenvalue weighted by atomic mass is 127. The average Bonchev–Trinajstić information content (AvgIpc) is 3.08. The molecule has 2 amide bonds. The van der Waals surface area contributed by atoms with Crippen LogP contribution in [0, 0.1) is 10.5 Å². The maximum Gasteiger partial charge on any atom is 0.339 e. The van der Waals surface area contributed by atoms with E-state index in [2.05, 4.69) is 0 Å². The maximum absolute atomic E-state index is 12.9. The highest BCUT2D eigenvalue weighted by molar-refractivity contribution is 14.1. The van der Waals surface area contributed by atoms with Crippen LogP contribution in [0.5, 0.6) is 11.5 Å². The zero-order valence-electron chi connectivity index (χ0n) is 19.0. The first-order valence-electron chi connectivity index (χ1n) is 10.5. The van der Waals surface area contributed by atoms with Crippen LogP contribution in [0.15, 0.2) is 70.5 Å². The number of amides is 2. The minimum absolute atomic E-state index is 0.0170. The molecule has 186 valence electrons. The molecule has 0 aliphatic carbocycles. The number of methoxy groups -OCH3 is 1. The molecule has 1 aliphatic heterocycles. The molecule has 1 fully saturated rings. The van der Waals surface area contributed by atoms with Crippen LogP contribution in [0.1, 0.15) is 16.7 Å². The summed E-state index contributed by atoms with van der Waals surface area (Å²) >= 11 is 8.78. The monoisotopic (exact) mass is 655 g/mol. The van der Waals surface area contributed by atoms with E-state index in [0.717, 1.165) is 27.8 Å². The lowest BCUT2D eigenvalue weighted by atomic mass is 10.1. The second kappa shape index (κ2) is 10.8. The van der Waals surface area contributed by atoms with E-state index in [1.54, 1.807) is 54.6 Å². The van der Waals surface area contributed by atoms with Gasteiger partial charge in [0.1, 0.15) is 4.90 Å². The largest absolute Gasteiger partial charge is 0.493 e. The van der Waals surface area contributed by atoms with E-state index < -0.39 is 21.3 Å². The standard InChI is InChI=1S/C25H19ClINO6S2/c1-15-6-8-19(9-7-15)36(31,32)34-23-20(27)11-17(12-21(23)33-2)13-22-24(29)28(25(30)35-22)14-16-4-3-5-18(26)10-16/h3-13H,14H2,1-2H3/b22-13-. The van der Waals surface area contributed by atoms with E-state index in [1.165, 1.54) is 19.2 Å². The smallest absolute Gasteiger partial charge is 0.339 e. The van der Waals surface area contributed by atoms with Crippen molar-refractivity contribution in [2.75, 3.05) is 7.11 Å². The van der Waals surface area contributed by atoms with Gasteiger partial charge in [-0.15, -0.1) is 0 Å². The van der Waals surface area contributed by atoms with Gasteiger partial charge in [-0.25, -0.2) is 0 Å². The maximum atomic E-state index is 12.9. The second-order valence-electron chi connectivity index (χ2n) is 7.78. The summed E-state index contributed by atoms with van der Waals surface area (Å²) in [6.45, 7) is 1.96. The highest BCUT2D eigenvalue weighted by Crippen LogP contribution is 2.39. The molecule has 3 aromatic carbocycles. The van der Waals surface area contributed by atoms with Gasteiger partial charge in [-0.1, -0.05) is 41.4 Å². The Morgan fingerprint density at radius 3 is 2.47 bits per heavy atom. The van der Waals surface area contributed by atoms with E-state index in [4.69, 9.17) is 20.5 Å². The number of aryl methyl sites for hydroxylation is 1. The van der Waals surface area contributed by atoms with Gasteiger partial charge in [0.2, 0.25) is 0 Å². The lowest BCUT2D eigenvalue weighted by Gasteiger charge is -2.14. The minimum atomic E-state index is -4.10. The van der Waals surface area contributed by atoms with Gasteiger partial charge in [0.15, 0.2) is 11.5 Å². The zero-order valence-corrected chi connectivity index (χ0v) is 23.6. The molecule has 0 saturated carbocycles. The molecule has 0 spiro atoms. The van der Waals surface area contributed by atoms with E-state index in [-0.39, 0.29) is 27.8 Å². The number of nitrogens with zero attached hydrogens (tertiary/aromatic N) is 1. The molecular weight excluding hydrogens is 637 g/mol. The van der Waals surface area contributed by atoms with Gasteiger partial charge in [-0.3, -0.25) is 14.5 Å². The van der Waals surface area contributed by atoms with Crippen molar-refractivity contribution in [3.8, 4) is 11.5 Å². The molecule has 0 N–H and O–H groups in total. The van der Waals surface area contributed by atoms with Crippen LogP contribution in [0.3, 0.4) is 0 Å². The lowest BCUT2D eigenvalue weighted by molar-refractivity contribution is -0.123. The number of carbonyl (C=O) groups is 2. The third-order valence-electron chi connectivity index (χ3n) is 5.16. The first-order valence-corrected chi connectivity index (χ1v) is 14.1. The molecule has 0 radical (unpaired) electrons. The highest BCUT2D eigenvalue weighted by Gasteiger charge is 2.35. The lowest BCUT2D eigenvalue weighted by Crippen LogP contribution is -2.27. The van der Waals surface area contributed by atoms with Crippen molar-refractivity contribution in [2.24, 2.45) is 0 Å². The molecule has 11 heteroatoms. The molecular formula is C25H19ClINO6S2. The summed E-state index contributed by atoms with van der Waals surface area (Å²) in [6, 6.07) is 16.5. The fourth-order valence-corrected chi connectivity index (χ4v) is 6.27.